The van der Waals surface area contributed by atoms with Crippen molar-refractivity contribution in [1.29, 1.82) is 0 Å². The van der Waals surface area contributed by atoms with Gasteiger partial charge in [0.2, 0.25) is 11.8 Å². The highest BCUT2D eigenvalue weighted by atomic mass is 16.5. The van der Waals surface area contributed by atoms with Crippen molar-refractivity contribution in [1.82, 2.24) is 24.8 Å². The average Bonchev–Trinajstić information content (AvgIpc) is 3.86. The number of nitrogens with zero attached hydrogens (tertiary/aromatic N) is 5. The van der Waals surface area contributed by atoms with Crippen LogP contribution in [0, 0.1) is 0 Å². The number of hydrogen-bond donors (Lipinski definition) is 0. The van der Waals surface area contributed by atoms with Gasteiger partial charge in [-0.2, -0.15) is 0 Å². The molecule has 0 spiro atoms. The monoisotopic (exact) mass is 779 g/mol. The van der Waals surface area contributed by atoms with Crippen LogP contribution in [-0.2, 0) is 25.0 Å². The number of ether oxygens (including phenoxy) is 2. The smallest absolute Gasteiger partial charge is 0.231 e. The second-order valence-electron chi connectivity index (χ2n) is 16.2. The van der Waals surface area contributed by atoms with Crippen molar-refractivity contribution in [3.63, 3.8) is 0 Å². The molecule has 58 heavy (non-hydrogen) atoms. The molecule has 4 heterocycles. The molecule has 0 fully saturated rings. The summed E-state index contributed by atoms with van der Waals surface area (Å²) in [5, 5.41) is 0. The molecule has 0 aliphatic carbocycles. The highest BCUT2D eigenvalue weighted by Gasteiger charge is 2.24. The molecule has 0 aliphatic rings. The van der Waals surface area contributed by atoms with Gasteiger partial charge in [-0.05, 0) is 84.0 Å². The number of unbranched alkanes of at least 4 members (excludes halogenated alkanes) is 6. The van der Waals surface area contributed by atoms with Crippen molar-refractivity contribution in [3.05, 3.63) is 120 Å². The van der Waals surface area contributed by atoms with Crippen molar-refractivity contribution in [2.24, 2.45) is 0 Å². The Morgan fingerprint density at radius 1 is 0.586 bits per heavy atom. The van der Waals surface area contributed by atoms with Gasteiger partial charge >= 0.3 is 0 Å². The normalized spacial score (nSPS) is 11.9. The Bertz CT molecular complexity index is 2320. The van der Waals surface area contributed by atoms with E-state index in [1.54, 1.807) is 0 Å². The zero-order chi connectivity index (χ0) is 40.3. The summed E-state index contributed by atoms with van der Waals surface area (Å²) in [7, 11) is 0. The van der Waals surface area contributed by atoms with Gasteiger partial charge in [0.15, 0.2) is 11.2 Å². The topological polar surface area (TPSA) is 99.5 Å². The summed E-state index contributed by atoms with van der Waals surface area (Å²) in [6.45, 7) is 14.1. The lowest BCUT2D eigenvalue weighted by molar-refractivity contribution is 0.242. The summed E-state index contributed by atoms with van der Waals surface area (Å²) in [6.07, 6.45) is 12.4. The fraction of sp³-hybridized carbons (Fsp3) is 0.388. The van der Waals surface area contributed by atoms with Gasteiger partial charge in [0.25, 0.3) is 0 Å². The lowest BCUT2D eigenvalue weighted by Gasteiger charge is -2.22. The van der Waals surface area contributed by atoms with Crippen LogP contribution in [0.15, 0.2) is 106 Å². The Morgan fingerprint density at radius 2 is 1.19 bits per heavy atom. The number of rotatable bonds is 20. The molecule has 7 rings (SSSR count). The molecule has 0 amide bonds. The van der Waals surface area contributed by atoms with Gasteiger partial charge < -0.3 is 18.3 Å². The van der Waals surface area contributed by atoms with Gasteiger partial charge in [0, 0.05) is 32.0 Å². The predicted molar refractivity (Wildman–Crippen MR) is 232 cm³/mol. The molecule has 3 aromatic carbocycles. The van der Waals surface area contributed by atoms with Crippen molar-refractivity contribution in [3.8, 4) is 34.4 Å². The minimum Gasteiger partial charge on any atom is -0.493 e. The van der Waals surface area contributed by atoms with Gasteiger partial charge in [-0.15, -0.1) is 0 Å². The molecule has 302 valence electrons. The SMILES string of the molecule is CCCCCCOc1cc(-c2nc3c(CN(Cc4ccccn4)Cc4ccccn4)cccc3o2)c(OCCCCCC)cc1-c1nc2cc(C(C)(C)C)ccc2o1. The third-order valence-electron chi connectivity index (χ3n) is 10.4. The summed E-state index contributed by atoms with van der Waals surface area (Å²) in [5.74, 6) is 2.28. The summed E-state index contributed by atoms with van der Waals surface area (Å²) in [5.41, 5.74) is 8.74. The van der Waals surface area contributed by atoms with Crippen molar-refractivity contribution in [2.45, 2.75) is 111 Å². The third kappa shape index (κ3) is 10.3. The van der Waals surface area contributed by atoms with Crippen molar-refractivity contribution in [2.75, 3.05) is 13.2 Å². The largest absolute Gasteiger partial charge is 0.493 e. The van der Waals surface area contributed by atoms with Gasteiger partial charge in [-0.3, -0.25) is 14.9 Å². The Kier molecular flexibility index (Phi) is 13.5. The van der Waals surface area contributed by atoms with E-state index in [0.29, 0.717) is 61.7 Å². The molecule has 9 nitrogen and oxygen atoms in total. The van der Waals surface area contributed by atoms with E-state index in [1.165, 1.54) is 12.0 Å². The highest BCUT2D eigenvalue weighted by molar-refractivity contribution is 5.84. The van der Waals surface area contributed by atoms with Crippen LogP contribution in [0.2, 0.25) is 0 Å². The Hall–Kier alpha value is -5.54. The number of benzene rings is 3. The van der Waals surface area contributed by atoms with E-state index in [9.17, 15) is 0 Å². The summed E-state index contributed by atoms with van der Waals surface area (Å²) < 4.78 is 26.3. The second-order valence-corrected chi connectivity index (χ2v) is 16.2. The summed E-state index contributed by atoms with van der Waals surface area (Å²) in [6, 6.07) is 28.4. The first-order valence-electron chi connectivity index (χ1n) is 21.0. The summed E-state index contributed by atoms with van der Waals surface area (Å²) in [4.78, 5) is 21.8. The zero-order valence-electron chi connectivity index (χ0n) is 34.8. The van der Waals surface area contributed by atoms with Crippen LogP contribution < -0.4 is 9.47 Å². The van der Waals surface area contributed by atoms with E-state index in [0.717, 1.165) is 89.6 Å². The molecule has 4 aromatic heterocycles. The molecule has 0 unspecified atom stereocenters. The number of oxazole rings is 2. The van der Waals surface area contributed by atoms with E-state index in [2.05, 4.69) is 79.8 Å². The molecule has 0 atom stereocenters. The standard InChI is InChI=1S/C49H57N5O4/c1-6-8-10-16-27-55-44-31-40(45(56-28-17-11-9-7-2)30-39(44)47-52-41-29-36(49(3,4)5)23-24-42(41)57-47)48-53-46-35(19-18-22-43(46)58-48)32-54(33-37-20-12-14-25-50-37)34-38-21-13-15-26-51-38/h12-15,18-26,29-31H,6-11,16-17,27-28,32-34H2,1-5H3. The van der Waals surface area contributed by atoms with Gasteiger partial charge in [0.05, 0.1) is 35.7 Å². The summed E-state index contributed by atoms with van der Waals surface area (Å²) >= 11 is 0. The van der Waals surface area contributed by atoms with Crippen LogP contribution in [0.4, 0.5) is 0 Å². The van der Waals surface area contributed by atoms with Crippen LogP contribution in [0.5, 0.6) is 11.5 Å². The molecule has 0 bridgehead atoms. The number of fused-ring (bicyclic) bond motifs is 2. The predicted octanol–water partition coefficient (Wildman–Crippen LogP) is 12.5. The second kappa shape index (κ2) is 19.3. The average molecular weight is 780 g/mol. The zero-order valence-corrected chi connectivity index (χ0v) is 34.8. The van der Waals surface area contributed by atoms with E-state index < -0.39 is 0 Å². The highest BCUT2D eigenvalue weighted by Crippen LogP contribution is 2.43. The minimum atomic E-state index is -0.0174. The lowest BCUT2D eigenvalue weighted by atomic mass is 9.87. The molecule has 0 aliphatic heterocycles. The number of hydrogen-bond acceptors (Lipinski definition) is 9. The van der Waals surface area contributed by atoms with Gasteiger partial charge in [-0.25, -0.2) is 9.97 Å². The fourth-order valence-electron chi connectivity index (χ4n) is 7.16. The first-order chi connectivity index (χ1) is 28.3. The first kappa shape index (κ1) is 40.6. The van der Waals surface area contributed by atoms with Gasteiger partial charge in [0.1, 0.15) is 22.5 Å². The molecule has 0 radical (unpaired) electrons. The first-order valence-corrected chi connectivity index (χ1v) is 21.0. The fourth-order valence-corrected chi connectivity index (χ4v) is 7.16. The Morgan fingerprint density at radius 3 is 1.76 bits per heavy atom. The maximum absolute atomic E-state index is 6.63. The number of aromatic nitrogens is 4. The van der Waals surface area contributed by atoms with Crippen LogP contribution in [0.3, 0.4) is 0 Å². The van der Waals surface area contributed by atoms with E-state index in [4.69, 9.17) is 28.3 Å². The lowest BCUT2D eigenvalue weighted by Crippen LogP contribution is -2.23. The number of pyridine rings is 2. The maximum Gasteiger partial charge on any atom is 0.231 e. The van der Waals surface area contributed by atoms with Crippen LogP contribution in [0.1, 0.15) is 109 Å². The molecule has 0 N–H and O–H groups in total. The molecular formula is C49H57N5O4. The van der Waals surface area contributed by atoms with E-state index in [1.807, 2.05) is 67.0 Å². The van der Waals surface area contributed by atoms with E-state index >= 15 is 0 Å². The molecule has 7 aromatic rings. The van der Waals surface area contributed by atoms with Crippen LogP contribution in [0.25, 0.3) is 45.1 Å². The molecule has 9 heteroatoms. The van der Waals surface area contributed by atoms with Crippen molar-refractivity contribution < 1.29 is 18.3 Å². The quantitative estimate of drug-likeness (QED) is 0.0700. The van der Waals surface area contributed by atoms with Crippen LogP contribution >= 0.6 is 0 Å². The Balaban J connectivity index is 1.28. The number of para-hydroxylation sites is 1. The maximum atomic E-state index is 6.63. The molecular weight excluding hydrogens is 723 g/mol. The van der Waals surface area contributed by atoms with Crippen LogP contribution in [-0.4, -0.2) is 38.0 Å². The third-order valence-corrected chi connectivity index (χ3v) is 10.4. The van der Waals surface area contributed by atoms with E-state index in [-0.39, 0.29) is 5.41 Å². The minimum absolute atomic E-state index is 0.0174. The van der Waals surface area contributed by atoms with Crippen molar-refractivity contribution >= 4 is 22.2 Å². The van der Waals surface area contributed by atoms with Gasteiger partial charge in [-0.1, -0.05) is 103 Å². The molecule has 0 saturated carbocycles. The molecule has 0 saturated heterocycles. The Labute approximate surface area is 342 Å².